The lowest BCUT2D eigenvalue weighted by Gasteiger charge is -2.11. The predicted molar refractivity (Wildman–Crippen MR) is 55.1 cm³/mol. The molecule has 2 rings (SSSR count). The lowest BCUT2D eigenvalue weighted by Crippen LogP contribution is -2.15. The third kappa shape index (κ3) is 2.10. The first-order chi connectivity index (χ1) is 7.15. The molecule has 1 aliphatic heterocycles. The molecular formula is C11H11NO3. The third-order valence-corrected chi connectivity index (χ3v) is 2.06. The van der Waals surface area contributed by atoms with Crippen LogP contribution in [0.25, 0.3) is 0 Å². The van der Waals surface area contributed by atoms with Gasteiger partial charge in [0.2, 0.25) is 0 Å². The van der Waals surface area contributed by atoms with E-state index in [0.29, 0.717) is 17.0 Å². The molecule has 0 aliphatic carbocycles. The molecule has 15 heavy (non-hydrogen) atoms. The van der Waals surface area contributed by atoms with Gasteiger partial charge in [-0.15, -0.1) is 0 Å². The van der Waals surface area contributed by atoms with E-state index in [1.54, 1.807) is 37.3 Å². The molecule has 1 aliphatic rings. The highest BCUT2D eigenvalue weighted by Gasteiger charge is 2.23. The fraction of sp³-hybridized carbons (Fsp3) is 0.182. The van der Waals surface area contributed by atoms with Gasteiger partial charge in [0.1, 0.15) is 5.75 Å². The van der Waals surface area contributed by atoms with Gasteiger partial charge in [-0.05, 0) is 31.2 Å². The number of anilines is 1. The van der Waals surface area contributed by atoms with E-state index in [9.17, 15) is 4.79 Å². The number of nitrogen functional groups attached to an aromatic ring is 1. The third-order valence-electron chi connectivity index (χ3n) is 2.06. The van der Waals surface area contributed by atoms with Crippen LogP contribution in [-0.4, -0.2) is 12.3 Å². The van der Waals surface area contributed by atoms with Gasteiger partial charge in [0, 0.05) is 17.3 Å². The summed E-state index contributed by atoms with van der Waals surface area (Å²) in [5.41, 5.74) is 6.76. The standard InChI is InChI=1S/C11H11NO3/c1-7-6-10(15-11(7)13)14-9-4-2-8(12)3-5-9/h2-6,10H,12H2,1H3. The van der Waals surface area contributed by atoms with Crippen molar-refractivity contribution in [2.45, 2.75) is 13.2 Å². The van der Waals surface area contributed by atoms with Gasteiger partial charge in [0.15, 0.2) is 0 Å². The molecular weight excluding hydrogens is 194 g/mol. The second kappa shape index (κ2) is 3.65. The van der Waals surface area contributed by atoms with Gasteiger partial charge in [0.25, 0.3) is 6.29 Å². The van der Waals surface area contributed by atoms with Crippen molar-refractivity contribution in [2.75, 3.05) is 5.73 Å². The van der Waals surface area contributed by atoms with Crippen LogP contribution in [0.3, 0.4) is 0 Å². The smallest absolute Gasteiger partial charge is 0.336 e. The van der Waals surface area contributed by atoms with Crippen LogP contribution in [-0.2, 0) is 9.53 Å². The van der Waals surface area contributed by atoms with Crippen molar-refractivity contribution in [3.63, 3.8) is 0 Å². The Kier molecular flexibility index (Phi) is 2.33. The van der Waals surface area contributed by atoms with Crippen LogP contribution in [0.5, 0.6) is 5.75 Å². The summed E-state index contributed by atoms with van der Waals surface area (Å²) >= 11 is 0. The van der Waals surface area contributed by atoms with Crippen LogP contribution in [0.2, 0.25) is 0 Å². The molecule has 0 spiro atoms. The Morgan fingerprint density at radius 2 is 2.00 bits per heavy atom. The molecule has 1 atom stereocenters. The fourth-order valence-corrected chi connectivity index (χ4v) is 1.24. The molecule has 0 saturated carbocycles. The average Bonchev–Trinajstić information content (AvgIpc) is 2.50. The van der Waals surface area contributed by atoms with Gasteiger partial charge in [-0.1, -0.05) is 0 Å². The van der Waals surface area contributed by atoms with Crippen LogP contribution < -0.4 is 10.5 Å². The van der Waals surface area contributed by atoms with Crippen molar-refractivity contribution in [3.05, 3.63) is 35.9 Å². The fourth-order valence-electron chi connectivity index (χ4n) is 1.24. The number of ether oxygens (including phenoxy) is 2. The van der Waals surface area contributed by atoms with Gasteiger partial charge in [0.05, 0.1) is 0 Å². The molecule has 0 amide bonds. The minimum atomic E-state index is -0.624. The number of hydrogen-bond acceptors (Lipinski definition) is 4. The van der Waals surface area contributed by atoms with Crippen molar-refractivity contribution in [1.82, 2.24) is 0 Å². The molecule has 1 aromatic rings. The predicted octanol–water partition coefficient (Wildman–Crippen LogP) is 1.48. The normalized spacial score (nSPS) is 19.7. The van der Waals surface area contributed by atoms with Gasteiger partial charge >= 0.3 is 5.97 Å². The molecule has 1 unspecified atom stereocenters. The van der Waals surface area contributed by atoms with Gasteiger partial charge in [-0.2, -0.15) is 0 Å². The summed E-state index contributed by atoms with van der Waals surface area (Å²) in [5, 5.41) is 0. The Labute approximate surface area is 87.3 Å². The highest BCUT2D eigenvalue weighted by atomic mass is 16.7. The monoisotopic (exact) mass is 205 g/mol. The summed E-state index contributed by atoms with van der Waals surface area (Å²) in [5.74, 6) is 0.281. The van der Waals surface area contributed by atoms with Crippen molar-refractivity contribution in [3.8, 4) is 5.75 Å². The van der Waals surface area contributed by atoms with Gasteiger partial charge in [-0.25, -0.2) is 4.79 Å². The summed E-state index contributed by atoms with van der Waals surface area (Å²) < 4.78 is 10.3. The summed E-state index contributed by atoms with van der Waals surface area (Å²) in [4.78, 5) is 11.0. The number of hydrogen-bond donors (Lipinski definition) is 1. The second-order valence-electron chi connectivity index (χ2n) is 3.31. The maximum atomic E-state index is 11.0. The number of carbonyl (C=O) groups excluding carboxylic acids is 1. The quantitative estimate of drug-likeness (QED) is 0.586. The van der Waals surface area contributed by atoms with E-state index in [-0.39, 0.29) is 5.97 Å². The Balaban J connectivity index is 2.05. The second-order valence-corrected chi connectivity index (χ2v) is 3.31. The summed E-state index contributed by atoms with van der Waals surface area (Å²) in [6, 6.07) is 6.90. The molecule has 4 heteroatoms. The molecule has 1 aromatic carbocycles. The van der Waals surface area contributed by atoms with E-state index in [2.05, 4.69) is 0 Å². The summed E-state index contributed by atoms with van der Waals surface area (Å²) in [7, 11) is 0. The molecule has 0 aromatic heterocycles. The summed E-state index contributed by atoms with van der Waals surface area (Å²) in [6.45, 7) is 1.69. The van der Waals surface area contributed by atoms with Crippen LogP contribution in [0.1, 0.15) is 6.92 Å². The number of benzene rings is 1. The summed E-state index contributed by atoms with van der Waals surface area (Å²) in [6.07, 6.45) is 1.01. The van der Waals surface area contributed by atoms with E-state index in [1.165, 1.54) is 0 Å². The zero-order valence-electron chi connectivity index (χ0n) is 8.27. The number of carbonyl (C=O) groups is 1. The van der Waals surface area contributed by atoms with Crippen LogP contribution in [0, 0.1) is 0 Å². The Morgan fingerprint density at radius 1 is 1.33 bits per heavy atom. The number of nitrogens with two attached hydrogens (primary N) is 1. The van der Waals surface area contributed by atoms with Crippen LogP contribution in [0.4, 0.5) is 5.69 Å². The van der Waals surface area contributed by atoms with Gasteiger partial charge in [-0.3, -0.25) is 0 Å². The van der Waals surface area contributed by atoms with Crippen LogP contribution in [0.15, 0.2) is 35.9 Å². The number of esters is 1. The Bertz CT molecular complexity index is 408. The molecule has 1 heterocycles. The minimum Gasteiger partial charge on any atom is -0.451 e. The topological polar surface area (TPSA) is 61.6 Å². The van der Waals surface area contributed by atoms with E-state index >= 15 is 0 Å². The van der Waals surface area contributed by atoms with E-state index < -0.39 is 6.29 Å². The first-order valence-corrected chi connectivity index (χ1v) is 4.57. The first kappa shape index (κ1) is 9.58. The maximum absolute atomic E-state index is 11.0. The SMILES string of the molecule is CC1=CC(Oc2ccc(N)cc2)OC1=O. The highest BCUT2D eigenvalue weighted by Crippen LogP contribution is 2.19. The van der Waals surface area contributed by atoms with Crippen molar-refractivity contribution < 1.29 is 14.3 Å². The van der Waals surface area contributed by atoms with Crippen molar-refractivity contribution in [1.29, 1.82) is 0 Å². The molecule has 4 nitrogen and oxygen atoms in total. The average molecular weight is 205 g/mol. The van der Waals surface area contributed by atoms with E-state index in [1.807, 2.05) is 0 Å². The molecule has 0 bridgehead atoms. The zero-order chi connectivity index (χ0) is 10.8. The largest absolute Gasteiger partial charge is 0.451 e. The molecule has 0 saturated heterocycles. The lowest BCUT2D eigenvalue weighted by atomic mass is 10.3. The highest BCUT2D eigenvalue weighted by molar-refractivity contribution is 5.90. The lowest BCUT2D eigenvalue weighted by molar-refractivity contribution is -0.148. The zero-order valence-corrected chi connectivity index (χ0v) is 8.27. The first-order valence-electron chi connectivity index (χ1n) is 4.57. The minimum absolute atomic E-state index is 0.338. The van der Waals surface area contributed by atoms with E-state index in [0.717, 1.165) is 0 Å². The Morgan fingerprint density at radius 3 is 2.53 bits per heavy atom. The molecule has 0 radical (unpaired) electrons. The Hall–Kier alpha value is -1.97. The molecule has 0 fully saturated rings. The van der Waals surface area contributed by atoms with Crippen molar-refractivity contribution in [2.24, 2.45) is 0 Å². The molecule has 78 valence electrons. The number of cyclic esters (lactones) is 1. The maximum Gasteiger partial charge on any atom is 0.336 e. The molecule has 2 N–H and O–H groups in total. The van der Waals surface area contributed by atoms with Crippen LogP contribution >= 0.6 is 0 Å². The van der Waals surface area contributed by atoms with E-state index in [4.69, 9.17) is 15.2 Å². The number of rotatable bonds is 2. The van der Waals surface area contributed by atoms with Crippen molar-refractivity contribution >= 4 is 11.7 Å². The van der Waals surface area contributed by atoms with Gasteiger partial charge < -0.3 is 15.2 Å².